The van der Waals surface area contributed by atoms with Crippen molar-refractivity contribution in [2.75, 3.05) is 0 Å². The van der Waals surface area contributed by atoms with Crippen LogP contribution in [0.25, 0.3) is 0 Å². The van der Waals surface area contributed by atoms with Gasteiger partial charge in [0.15, 0.2) is 0 Å². The van der Waals surface area contributed by atoms with Gasteiger partial charge in [-0.15, -0.1) is 0 Å². The Morgan fingerprint density at radius 2 is 1.92 bits per heavy atom. The van der Waals surface area contributed by atoms with Crippen LogP contribution in [-0.4, -0.2) is 5.11 Å². The van der Waals surface area contributed by atoms with E-state index in [1.165, 1.54) is 18.2 Å². The SMILES string of the molecule is CCC(O)c1cccc(C(F)F)c1. The fourth-order valence-corrected chi connectivity index (χ4v) is 1.14. The molecule has 3 heteroatoms. The summed E-state index contributed by atoms with van der Waals surface area (Å²) in [5.41, 5.74) is 0.519. The molecule has 13 heavy (non-hydrogen) atoms. The van der Waals surface area contributed by atoms with Crippen molar-refractivity contribution in [3.63, 3.8) is 0 Å². The molecule has 0 amide bonds. The second-order valence-corrected chi connectivity index (χ2v) is 2.89. The molecule has 0 fully saturated rings. The highest BCUT2D eigenvalue weighted by atomic mass is 19.3. The number of hydrogen-bond acceptors (Lipinski definition) is 1. The summed E-state index contributed by atoms with van der Waals surface area (Å²) in [6.45, 7) is 1.81. The summed E-state index contributed by atoms with van der Waals surface area (Å²) in [4.78, 5) is 0. The van der Waals surface area contributed by atoms with Crippen molar-refractivity contribution in [2.24, 2.45) is 0 Å². The third-order valence-electron chi connectivity index (χ3n) is 1.93. The molecule has 0 aromatic heterocycles. The summed E-state index contributed by atoms with van der Waals surface area (Å²) < 4.78 is 24.5. The van der Waals surface area contributed by atoms with Gasteiger partial charge in [-0.3, -0.25) is 0 Å². The second-order valence-electron chi connectivity index (χ2n) is 2.89. The van der Waals surface area contributed by atoms with Gasteiger partial charge in [-0.05, 0) is 18.1 Å². The van der Waals surface area contributed by atoms with Crippen molar-refractivity contribution in [2.45, 2.75) is 25.9 Å². The van der Waals surface area contributed by atoms with Crippen molar-refractivity contribution < 1.29 is 13.9 Å². The summed E-state index contributed by atoms with van der Waals surface area (Å²) in [7, 11) is 0. The molecule has 1 nitrogen and oxygen atoms in total. The van der Waals surface area contributed by atoms with Crippen molar-refractivity contribution in [3.8, 4) is 0 Å². The molecule has 0 saturated heterocycles. The van der Waals surface area contributed by atoms with E-state index in [4.69, 9.17) is 0 Å². The van der Waals surface area contributed by atoms with E-state index >= 15 is 0 Å². The van der Waals surface area contributed by atoms with Gasteiger partial charge in [0.1, 0.15) is 0 Å². The maximum absolute atomic E-state index is 12.2. The Kier molecular flexibility index (Phi) is 3.37. The molecular weight excluding hydrogens is 174 g/mol. The maximum Gasteiger partial charge on any atom is 0.263 e. The van der Waals surface area contributed by atoms with Crippen LogP contribution < -0.4 is 0 Å². The molecule has 0 aliphatic rings. The molecule has 1 N–H and O–H groups in total. The normalized spacial score (nSPS) is 13.3. The molecule has 0 spiro atoms. The average molecular weight is 186 g/mol. The number of aliphatic hydroxyl groups excluding tert-OH is 1. The first-order valence-corrected chi connectivity index (χ1v) is 4.21. The van der Waals surface area contributed by atoms with Gasteiger partial charge in [-0.25, -0.2) is 8.78 Å². The van der Waals surface area contributed by atoms with E-state index in [1.807, 2.05) is 0 Å². The molecule has 0 aliphatic carbocycles. The lowest BCUT2D eigenvalue weighted by Gasteiger charge is -2.09. The smallest absolute Gasteiger partial charge is 0.263 e. The van der Waals surface area contributed by atoms with Gasteiger partial charge in [-0.2, -0.15) is 0 Å². The summed E-state index contributed by atoms with van der Waals surface area (Å²) in [6.07, 6.45) is -2.57. The zero-order valence-electron chi connectivity index (χ0n) is 7.37. The van der Waals surface area contributed by atoms with E-state index in [1.54, 1.807) is 13.0 Å². The first-order chi connectivity index (χ1) is 6.15. The van der Waals surface area contributed by atoms with Gasteiger partial charge in [0.05, 0.1) is 6.10 Å². The highest BCUT2D eigenvalue weighted by Gasteiger charge is 2.10. The van der Waals surface area contributed by atoms with Crippen molar-refractivity contribution in [3.05, 3.63) is 35.4 Å². The van der Waals surface area contributed by atoms with E-state index in [-0.39, 0.29) is 5.56 Å². The van der Waals surface area contributed by atoms with Crippen LogP contribution in [0, 0.1) is 0 Å². The highest BCUT2D eigenvalue weighted by molar-refractivity contribution is 5.25. The molecule has 0 aliphatic heterocycles. The first kappa shape index (κ1) is 10.1. The summed E-state index contributed by atoms with van der Waals surface area (Å²) in [5.74, 6) is 0. The number of halogens is 2. The Balaban J connectivity index is 2.91. The van der Waals surface area contributed by atoms with E-state index in [0.717, 1.165) is 0 Å². The Hall–Kier alpha value is -0.960. The zero-order chi connectivity index (χ0) is 9.84. The van der Waals surface area contributed by atoms with Crippen LogP contribution in [0.1, 0.15) is 37.0 Å². The van der Waals surface area contributed by atoms with Crippen LogP contribution in [0.2, 0.25) is 0 Å². The summed E-state index contributed by atoms with van der Waals surface area (Å²) in [5, 5.41) is 9.39. The third-order valence-corrected chi connectivity index (χ3v) is 1.93. The fourth-order valence-electron chi connectivity index (χ4n) is 1.14. The minimum Gasteiger partial charge on any atom is -0.388 e. The van der Waals surface area contributed by atoms with Gasteiger partial charge in [-0.1, -0.05) is 25.1 Å². The summed E-state index contributed by atoms with van der Waals surface area (Å²) in [6, 6.07) is 5.89. The lowest BCUT2D eigenvalue weighted by molar-refractivity contribution is 0.149. The molecule has 1 atom stereocenters. The molecule has 0 saturated carbocycles. The molecule has 1 aromatic carbocycles. The Morgan fingerprint density at radius 1 is 1.31 bits per heavy atom. The van der Waals surface area contributed by atoms with E-state index in [0.29, 0.717) is 12.0 Å². The van der Waals surface area contributed by atoms with E-state index < -0.39 is 12.5 Å². The summed E-state index contributed by atoms with van der Waals surface area (Å²) >= 11 is 0. The average Bonchev–Trinajstić information content (AvgIpc) is 2.17. The van der Waals surface area contributed by atoms with Crippen LogP contribution in [0.5, 0.6) is 0 Å². The topological polar surface area (TPSA) is 20.2 Å². The minimum atomic E-state index is -2.47. The van der Waals surface area contributed by atoms with Crippen LogP contribution >= 0.6 is 0 Å². The van der Waals surface area contributed by atoms with Gasteiger partial charge in [0, 0.05) is 5.56 Å². The molecule has 0 heterocycles. The quantitative estimate of drug-likeness (QED) is 0.769. The van der Waals surface area contributed by atoms with Gasteiger partial charge in [0.2, 0.25) is 0 Å². The van der Waals surface area contributed by atoms with Crippen molar-refractivity contribution >= 4 is 0 Å². The second kappa shape index (κ2) is 4.33. The molecule has 1 unspecified atom stereocenters. The predicted molar refractivity (Wildman–Crippen MR) is 46.6 cm³/mol. The largest absolute Gasteiger partial charge is 0.388 e. The van der Waals surface area contributed by atoms with Crippen LogP contribution in [0.15, 0.2) is 24.3 Å². The zero-order valence-corrected chi connectivity index (χ0v) is 7.37. The minimum absolute atomic E-state index is 0.0370. The number of aliphatic hydroxyl groups is 1. The monoisotopic (exact) mass is 186 g/mol. The van der Waals surface area contributed by atoms with Crippen LogP contribution in [0.3, 0.4) is 0 Å². The standard InChI is InChI=1S/C10H12F2O/c1-2-9(13)7-4-3-5-8(6-7)10(11)12/h3-6,9-10,13H,2H2,1H3. The number of benzene rings is 1. The van der Waals surface area contributed by atoms with Gasteiger partial charge < -0.3 is 5.11 Å². The van der Waals surface area contributed by atoms with Gasteiger partial charge in [0.25, 0.3) is 6.43 Å². The predicted octanol–water partition coefficient (Wildman–Crippen LogP) is 3.07. The Labute approximate surface area is 76.0 Å². The molecule has 72 valence electrons. The van der Waals surface area contributed by atoms with Crippen LogP contribution in [-0.2, 0) is 0 Å². The number of hydrogen-bond donors (Lipinski definition) is 1. The number of alkyl halides is 2. The molecule has 0 bridgehead atoms. The van der Waals surface area contributed by atoms with E-state index in [2.05, 4.69) is 0 Å². The Bertz CT molecular complexity index is 273. The molecule has 0 radical (unpaired) electrons. The highest BCUT2D eigenvalue weighted by Crippen LogP contribution is 2.23. The lowest BCUT2D eigenvalue weighted by Crippen LogP contribution is -1.96. The molecule has 1 aromatic rings. The maximum atomic E-state index is 12.2. The Morgan fingerprint density at radius 3 is 2.46 bits per heavy atom. The van der Waals surface area contributed by atoms with Crippen molar-refractivity contribution in [1.82, 2.24) is 0 Å². The molecule has 1 rings (SSSR count). The number of rotatable bonds is 3. The van der Waals surface area contributed by atoms with E-state index in [9.17, 15) is 13.9 Å². The lowest BCUT2D eigenvalue weighted by atomic mass is 10.0. The fraction of sp³-hybridized carbons (Fsp3) is 0.400. The third kappa shape index (κ3) is 2.49. The van der Waals surface area contributed by atoms with Crippen molar-refractivity contribution in [1.29, 1.82) is 0 Å². The first-order valence-electron chi connectivity index (χ1n) is 4.21. The van der Waals surface area contributed by atoms with Gasteiger partial charge >= 0.3 is 0 Å². The van der Waals surface area contributed by atoms with Crippen LogP contribution in [0.4, 0.5) is 8.78 Å². The molecular formula is C10H12F2O.